The van der Waals surface area contributed by atoms with Gasteiger partial charge in [0.1, 0.15) is 0 Å². The van der Waals surface area contributed by atoms with Crippen LogP contribution in [0.3, 0.4) is 0 Å². The molecular weight excluding hydrogens is 312 g/mol. The number of hydrogen-bond donors (Lipinski definition) is 2. The van der Waals surface area contributed by atoms with Crippen LogP contribution in [0, 0.1) is 0 Å². The van der Waals surface area contributed by atoms with Crippen molar-refractivity contribution in [1.29, 1.82) is 0 Å². The second-order valence-electron chi connectivity index (χ2n) is 6.63. The topological polar surface area (TPSA) is 52.6 Å². The van der Waals surface area contributed by atoms with Crippen LogP contribution in [0.5, 0.6) is 0 Å². The van der Waals surface area contributed by atoms with Crippen molar-refractivity contribution in [2.45, 2.75) is 38.3 Å². The van der Waals surface area contributed by atoms with Crippen LogP contribution in [0.25, 0.3) is 0 Å². The molecule has 1 saturated heterocycles. The largest absolute Gasteiger partial charge is 0.396 e. The number of rotatable bonds is 7. The highest BCUT2D eigenvalue weighted by Gasteiger charge is 2.30. The standard InChI is InChI=1S/C21H26N2O2/c24-14-6-10-17-9-4-11-19(15-17)22-21(25)20-12-5-13-23(20)16-18-7-2-1-3-8-18/h1-4,7-9,11,15,20,24H,5-6,10,12-14,16H2,(H,22,25)/t20-/m0/s1. The zero-order valence-corrected chi connectivity index (χ0v) is 14.5. The molecule has 0 radical (unpaired) electrons. The first kappa shape index (κ1) is 17.6. The highest BCUT2D eigenvalue weighted by molar-refractivity contribution is 5.95. The Bertz CT molecular complexity index is 687. The van der Waals surface area contributed by atoms with E-state index in [1.165, 1.54) is 5.56 Å². The Hall–Kier alpha value is -2.17. The first-order valence-corrected chi connectivity index (χ1v) is 9.05. The molecule has 1 aliphatic heterocycles. The van der Waals surface area contributed by atoms with Crippen molar-refractivity contribution in [1.82, 2.24) is 4.90 Å². The number of aryl methyl sites for hydroxylation is 1. The molecule has 4 heteroatoms. The molecule has 2 aromatic rings. The van der Waals surface area contributed by atoms with Gasteiger partial charge >= 0.3 is 0 Å². The van der Waals surface area contributed by atoms with Gasteiger partial charge in [-0.25, -0.2) is 0 Å². The minimum atomic E-state index is -0.0682. The highest BCUT2D eigenvalue weighted by atomic mass is 16.2. The summed E-state index contributed by atoms with van der Waals surface area (Å²) in [5.41, 5.74) is 3.22. The first-order chi connectivity index (χ1) is 12.3. The van der Waals surface area contributed by atoms with E-state index in [0.29, 0.717) is 0 Å². The third kappa shape index (κ3) is 4.91. The van der Waals surface area contributed by atoms with Crippen molar-refractivity contribution in [3.8, 4) is 0 Å². The van der Waals surface area contributed by atoms with Gasteiger partial charge in [0.25, 0.3) is 0 Å². The van der Waals surface area contributed by atoms with Gasteiger partial charge in [-0.1, -0.05) is 42.5 Å². The molecule has 1 fully saturated rings. The number of aliphatic hydroxyl groups is 1. The highest BCUT2D eigenvalue weighted by Crippen LogP contribution is 2.22. The molecule has 1 aliphatic rings. The lowest BCUT2D eigenvalue weighted by molar-refractivity contribution is -0.120. The van der Waals surface area contributed by atoms with E-state index in [2.05, 4.69) is 22.3 Å². The van der Waals surface area contributed by atoms with Crippen molar-refractivity contribution in [3.63, 3.8) is 0 Å². The minimum absolute atomic E-state index is 0.0682. The molecule has 0 aliphatic carbocycles. The maximum Gasteiger partial charge on any atom is 0.241 e. The number of nitrogens with zero attached hydrogens (tertiary/aromatic N) is 1. The molecule has 0 spiro atoms. The SMILES string of the molecule is O=C(Nc1cccc(CCCO)c1)[C@@H]1CCCN1Cc1ccccc1. The summed E-state index contributed by atoms with van der Waals surface area (Å²) in [7, 11) is 0. The lowest BCUT2D eigenvalue weighted by Crippen LogP contribution is -2.39. The number of carbonyl (C=O) groups excluding carboxylic acids is 1. The predicted molar refractivity (Wildman–Crippen MR) is 100 cm³/mol. The Labute approximate surface area is 149 Å². The predicted octanol–water partition coefficient (Wildman–Crippen LogP) is 3.21. The maximum absolute atomic E-state index is 12.7. The normalized spacial score (nSPS) is 17.6. The van der Waals surface area contributed by atoms with Gasteiger partial charge in [-0.2, -0.15) is 0 Å². The van der Waals surface area contributed by atoms with Crippen molar-refractivity contribution in [2.24, 2.45) is 0 Å². The van der Waals surface area contributed by atoms with E-state index >= 15 is 0 Å². The van der Waals surface area contributed by atoms with Gasteiger partial charge in [0.2, 0.25) is 5.91 Å². The van der Waals surface area contributed by atoms with E-state index in [0.717, 1.165) is 50.0 Å². The molecular formula is C21H26N2O2. The Morgan fingerprint density at radius 2 is 1.92 bits per heavy atom. The Balaban J connectivity index is 1.62. The van der Waals surface area contributed by atoms with E-state index in [1.807, 2.05) is 42.5 Å². The summed E-state index contributed by atoms with van der Waals surface area (Å²) in [6.07, 6.45) is 3.53. The van der Waals surface area contributed by atoms with Crippen LogP contribution in [0.2, 0.25) is 0 Å². The zero-order valence-electron chi connectivity index (χ0n) is 14.5. The minimum Gasteiger partial charge on any atom is -0.396 e. The lowest BCUT2D eigenvalue weighted by atomic mass is 10.1. The van der Waals surface area contributed by atoms with Crippen LogP contribution < -0.4 is 5.32 Å². The average molecular weight is 338 g/mol. The molecule has 0 bridgehead atoms. The molecule has 1 atom stereocenters. The van der Waals surface area contributed by atoms with Gasteiger partial charge < -0.3 is 10.4 Å². The summed E-state index contributed by atoms with van der Waals surface area (Å²) in [4.78, 5) is 15.0. The second kappa shape index (κ2) is 8.79. The van der Waals surface area contributed by atoms with Gasteiger partial charge in [-0.05, 0) is 55.5 Å². The smallest absolute Gasteiger partial charge is 0.241 e. The fourth-order valence-corrected chi connectivity index (χ4v) is 3.44. The van der Waals surface area contributed by atoms with Crippen LogP contribution in [-0.2, 0) is 17.8 Å². The Morgan fingerprint density at radius 3 is 2.72 bits per heavy atom. The molecule has 0 unspecified atom stereocenters. The van der Waals surface area contributed by atoms with Gasteiger partial charge in [-0.3, -0.25) is 9.69 Å². The molecule has 2 aromatic carbocycles. The number of amides is 1. The lowest BCUT2D eigenvalue weighted by Gasteiger charge is -2.23. The van der Waals surface area contributed by atoms with Crippen molar-refractivity contribution >= 4 is 11.6 Å². The van der Waals surface area contributed by atoms with E-state index in [1.54, 1.807) is 0 Å². The summed E-state index contributed by atoms with van der Waals surface area (Å²) in [6.45, 7) is 1.96. The van der Waals surface area contributed by atoms with Crippen molar-refractivity contribution in [2.75, 3.05) is 18.5 Å². The molecule has 4 nitrogen and oxygen atoms in total. The fourth-order valence-electron chi connectivity index (χ4n) is 3.44. The summed E-state index contributed by atoms with van der Waals surface area (Å²) >= 11 is 0. The number of aliphatic hydroxyl groups excluding tert-OH is 1. The van der Waals surface area contributed by atoms with Crippen LogP contribution in [0.1, 0.15) is 30.4 Å². The van der Waals surface area contributed by atoms with Crippen LogP contribution in [0.4, 0.5) is 5.69 Å². The van der Waals surface area contributed by atoms with Crippen LogP contribution >= 0.6 is 0 Å². The summed E-state index contributed by atoms with van der Waals surface area (Å²) in [5.74, 6) is 0.0766. The molecule has 132 valence electrons. The number of nitrogens with one attached hydrogen (secondary N) is 1. The summed E-state index contributed by atoms with van der Waals surface area (Å²) in [5, 5.41) is 12.0. The zero-order chi connectivity index (χ0) is 17.5. The van der Waals surface area contributed by atoms with Crippen molar-refractivity contribution in [3.05, 3.63) is 65.7 Å². The Morgan fingerprint density at radius 1 is 1.12 bits per heavy atom. The van der Waals surface area contributed by atoms with Gasteiger partial charge in [0.05, 0.1) is 6.04 Å². The fraction of sp³-hybridized carbons (Fsp3) is 0.381. The van der Waals surface area contributed by atoms with Crippen molar-refractivity contribution < 1.29 is 9.90 Å². The van der Waals surface area contributed by atoms with E-state index in [4.69, 9.17) is 5.11 Å². The first-order valence-electron chi connectivity index (χ1n) is 9.05. The molecule has 0 saturated carbocycles. The quantitative estimate of drug-likeness (QED) is 0.815. The monoisotopic (exact) mass is 338 g/mol. The molecule has 2 N–H and O–H groups in total. The molecule has 1 heterocycles. The third-order valence-corrected chi connectivity index (χ3v) is 4.71. The van der Waals surface area contributed by atoms with Crippen LogP contribution in [0.15, 0.2) is 54.6 Å². The average Bonchev–Trinajstić information content (AvgIpc) is 3.09. The molecule has 25 heavy (non-hydrogen) atoms. The number of carbonyl (C=O) groups is 1. The van der Waals surface area contributed by atoms with Gasteiger partial charge in [-0.15, -0.1) is 0 Å². The molecule has 3 rings (SSSR count). The molecule has 1 amide bonds. The molecule has 0 aromatic heterocycles. The number of hydrogen-bond acceptors (Lipinski definition) is 3. The van der Waals surface area contributed by atoms with Crippen LogP contribution in [-0.4, -0.2) is 35.1 Å². The third-order valence-electron chi connectivity index (χ3n) is 4.71. The van der Waals surface area contributed by atoms with E-state index < -0.39 is 0 Å². The number of likely N-dealkylation sites (tertiary alicyclic amines) is 1. The maximum atomic E-state index is 12.7. The number of anilines is 1. The van der Waals surface area contributed by atoms with E-state index in [9.17, 15) is 4.79 Å². The van der Waals surface area contributed by atoms with Gasteiger partial charge in [0.15, 0.2) is 0 Å². The Kier molecular flexibility index (Phi) is 6.20. The second-order valence-corrected chi connectivity index (χ2v) is 6.63. The van der Waals surface area contributed by atoms with Gasteiger partial charge in [0, 0.05) is 18.8 Å². The summed E-state index contributed by atoms with van der Waals surface area (Å²) in [6, 6.07) is 18.2. The van der Waals surface area contributed by atoms with E-state index in [-0.39, 0.29) is 18.6 Å². The summed E-state index contributed by atoms with van der Waals surface area (Å²) < 4.78 is 0. The number of benzene rings is 2.